The molecule has 3 aliphatic carbocycles. The number of allylic oxidation sites excluding steroid dienone is 1. The maximum atomic E-state index is 14.4. The molecule has 6 aliphatic heterocycles. The first-order valence-electron chi connectivity index (χ1n) is 24.5. The van der Waals surface area contributed by atoms with E-state index in [9.17, 15) is 35.1 Å². The molecule has 8 fully saturated rings. The first-order chi connectivity index (χ1) is 29.9. The summed E-state index contributed by atoms with van der Waals surface area (Å²) < 4.78 is 21.3. The third-order valence-electron chi connectivity index (χ3n) is 18.6. The van der Waals surface area contributed by atoms with Crippen molar-refractivity contribution < 1.29 is 54.6 Å². The fourth-order valence-corrected chi connectivity index (χ4v) is 15.7. The smallest absolute Gasteiger partial charge is 0.336 e. The fourth-order valence-electron chi connectivity index (χ4n) is 15.7. The van der Waals surface area contributed by atoms with Gasteiger partial charge in [-0.05, 0) is 139 Å². The Hall–Kier alpha value is -1.82. The van der Waals surface area contributed by atoms with Crippen LogP contribution in [0.1, 0.15) is 91.4 Å². The van der Waals surface area contributed by atoms with Gasteiger partial charge >= 0.3 is 5.97 Å². The summed E-state index contributed by atoms with van der Waals surface area (Å²) in [5.41, 5.74) is 6.46. The number of aliphatic hydroxyl groups excluding tert-OH is 5. The highest BCUT2D eigenvalue weighted by Crippen LogP contribution is 2.61. The molecule has 14 nitrogen and oxygen atoms in total. The second kappa shape index (κ2) is 18.5. The molecule has 23 atom stereocenters. The minimum Gasteiger partial charge on any atom is -0.456 e. The molecule has 9 rings (SSSR count). The molecule has 0 radical (unpaired) electrons. The van der Waals surface area contributed by atoms with Crippen LogP contribution in [0.3, 0.4) is 0 Å². The lowest BCUT2D eigenvalue weighted by Crippen LogP contribution is -2.98. The number of Topliss-reactive ketones (excluding diaryl/α,β-unsaturated/α-hetero) is 1. The Morgan fingerprint density at radius 2 is 1.76 bits per heavy atom. The minimum absolute atomic E-state index is 0.00812. The van der Waals surface area contributed by atoms with E-state index in [0.717, 1.165) is 57.9 Å². The summed E-state index contributed by atoms with van der Waals surface area (Å²) in [6.07, 6.45) is 9.40. The van der Waals surface area contributed by atoms with E-state index in [1.54, 1.807) is 13.0 Å². The number of nitrogens with two attached hydrogens (primary N) is 2. The van der Waals surface area contributed by atoms with Crippen molar-refractivity contribution in [1.29, 1.82) is 0 Å². The second-order valence-electron chi connectivity index (χ2n) is 21.6. The Morgan fingerprint density at radius 3 is 2.52 bits per heavy atom. The van der Waals surface area contributed by atoms with Crippen molar-refractivity contribution in [1.82, 2.24) is 10.6 Å². The van der Waals surface area contributed by atoms with Gasteiger partial charge in [0.05, 0.1) is 67.9 Å². The second-order valence-corrected chi connectivity index (χ2v) is 21.6. The van der Waals surface area contributed by atoms with Crippen LogP contribution >= 0.6 is 0 Å². The number of hydrogen-bond donors (Lipinski definition) is 9. The third-order valence-corrected chi connectivity index (χ3v) is 18.6. The van der Waals surface area contributed by atoms with Crippen molar-refractivity contribution in [2.45, 2.75) is 152 Å². The van der Waals surface area contributed by atoms with E-state index in [1.165, 1.54) is 0 Å². The van der Waals surface area contributed by atoms with E-state index in [4.69, 9.17) is 19.9 Å². The van der Waals surface area contributed by atoms with Crippen molar-refractivity contribution in [2.24, 2.45) is 82.7 Å². The van der Waals surface area contributed by atoms with Crippen molar-refractivity contribution >= 4 is 11.8 Å². The fraction of sp³-hybridized carbons (Fsp3) is 0.875. The maximum Gasteiger partial charge on any atom is 0.336 e. The average Bonchev–Trinajstić information content (AvgIpc) is 3.30. The third kappa shape index (κ3) is 8.11. The number of aliphatic hydroxyl groups is 5. The molecule has 11 N–H and O–H groups in total. The van der Waals surface area contributed by atoms with Gasteiger partial charge in [0, 0.05) is 42.7 Å². The van der Waals surface area contributed by atoms with Gasteiger partial charge in [0.25, 0.3) is 0 Å². The van der Waals surface area contributed by atoms with E-state index in [2.05, 4.69) is 41.9 Å². The van der Waals surface area contributed by atoms with Gasteiger partial charge in [0.2, 0.25) is 0 Å². The number of esters is 1. The van der Waals surface area contributed by atoms with Crippen LogP contribution in [0.25, 0.3) is 0 Å². The van der Waals surface area contributed by atoms with Gasteiger partial charge in [-0.25, -0.2) is 4.79 Å². The van der Waals surface area contributed by atoms with Crippen LogP contribution in [-0.2, 0) is 23.8 Å². The quantitative estimate of drug-likeness (QED) is 0.0979. The Labute approximate surface area is 367 Å². The molecule has 3 saturated carbocycles. The van der Waals surface area contributed by atoms with Gasteiger partial charge in [0.15, 0.2) is 0 Å². The zero-order valence-corrected chi connectivity index (χ0v) is 37.2. The molecule has 6 heterocycles. The number of quaternary nitrogens is 1. The summed E-state index contributed by atoms with van der Waals surface area (Å²) in [6, 6.07) is 0.321. The summed E-state index contributed by atoms with van der Waals surface area (Å²) in [5, 5.41) is 66.5. The highest BCUT2D eigenvalue weighted by molar-refractivity contribution is 5.88. The van der Waals surface area contributed by atoms with Crippen molar-refractivity contribution in [2.75, 3.05) is 32.9 Å². The first kappa shape index (κ1) is 45.3. The predicted octanol–water partition coefficient (Wildman–Crippen LogP) is 0.732. The SMILES string of the molecule is CC=C(CO)C(=O)O[C@H]1CC2C(O)C3C(=O)CC(CO)OC3C3C2O[C@@]1(C)[C@H](CC1C[NH2+]C2N[C@H](C)C=CC2C1)CC1CCC2CCC(O)CC2C(CO)C3C2CCNC(N)C12. The lowest BCUT2D eigenvalue weighted by Gasteiger charge is -2.63. The summed E-state index contributed by atoms with van der Waals surface area (Å²) in [7, 11) is 0. The summed E-state index contributed by atoms with van der Waals surface area (Å²) in [4.78, 5) is 28.5. The van der Waals surface area contributed by atoms with E-state index in [-0.39, 0.29) is 90.9 Å². The number of carbonyl (C=O) groups excluding carboxylic acids is 2. The van der Waals surface area contributed by atoms with Gasteiger partial charge in [-0.1, -0.05) is 18.2 Å². The number of fused-ring (bicyclic) bond motifs is 6. The lowest BCUT2D eigenvalue weighted by molar-refractivity contribution is -0.715. The molecule has 0 aromatic rings. The van der Waals surface area contributed by atoms with Crippen LogP contribution < -0.4 is 21.7 Å². The molecule has 0 aromatic carbocycles. The molecule has 62 heavy (non-hydrogen) atoms. The zero-order chi connectivity index (χ0) is 43.6. The van der Waals surface area contributed by atoms with Gasteiger partial charge in [-0.2, -0.15) is 0 Å². The molecule has 9 aliphatic rings. The van der Waals surface area contributed by atoms with Crippen LogP contribution in [0, 0.1) is 76.9 Å². The number of hydrogen-bond acceptors (Lipinski definition) is 13. The van der Waals surface area contributed by atoms with Gasteiger partial charge in [-0.15, -0.1) is 0 Å². The number of rotatable bonds is 7. The Morgan fingerprint density at radius 1 is 0.968 bits per heavy atom. The number of ketones is 1. The van der Waals surface area contributed by atoms with Crippen molar-refractivity contribution in [3.63, 3.8) is 0 Å². The van der Waals surface area contributed by atoms with Crippen molar-refractivity contribution in [3.05, 3.63) is 23.8 Å². The maximum absolute atomic E-state index is 14.4. The Bertz CT molecular complexity index is 1680. The monoisotopic (exact) mass is 870 g/mol. The van der Waals surface area contributed by atoms with Crippen LogP contribution in [0.2, 0.25) is 0 Å². The van der Waals surface area contributed by atoms with Crippen LogP contribution in [0.5, 0.6) is 0 Å². The average molecular weight is 870 g/mol. The molecule has 19 unspecified atom stereocenters. The molecular weight excluding hydrogens is 793 g/mol. The molecule has 5 saturated heterocycles. The molecule has 0 amide bonds. The summed E-state index contributed by atoms with van der Waals surface area (Å²) in [6.45, 7) is 6.75. The van der Waals surface area contributed by atoms with E-state index in [0.29, 0.717) is 37.0 Å². The zero-order valence-electron chi connectivity index (χ0n) is 37.2. The van der Waals surface area contributed by atoms with Crippen LogP contribution in [0.4, 0.5) is 0 Å². The number of ether oxygens (including phenoxy) is 3. The molecule has 0 spiro atoms. The number of carbonyl (C=O) groups is 2. The topological polar surface area (TPSA) is 230 Å². The first-order valence-corrected chi connectivity index (χ1v) is 24.5. The highest BCUT2D eigenvalue weighted by atomic mass is 16.6. The van der Waals surface area contributed by atoms with Crippen molar-refractivity contribution in [3.8, 4) is 0 Å². The van der Waals surface area contributed by atoms with E-state index < -0.39 is 72.6 Å². The van der Waals surface area contributed by atoms with E-state index in [1.807, 2.05) is 0 Å². The molecule has 0 aromatic heterocycles. The largest absolute Gasteiger partial charge is 0.456 e. The lowest BCUT2D eigenvalue weighted by atomic mass is 9.50. The molecular formula is C48H77N4O10+. The highest BCUT2D eigenvalue weighted by Gasteiger charge is 2.67. The summed E-state index contributed by atoms with van der Waals surface area (Å²) in [5.74, 6) is -2.13. The standard InChI is InChI=1S/C48H76N4O10/c1-4-25(20-53)47(59)61-37-18-34-42(58)40-36(57)17-31(21-54)60-44(40)41-39-32-11-12-50-45(49)38(32)27(8-7-26-9-10-30(56)16-33(26)35(39)22-55)15-29(48(37,3)62-43(34)41)14-24-13-28-6-5-23(2)52-46(28)51-19-24/h4-6,23-24,26-35,37-46,50-56,58H,7-22,49H2,1-3H3/p+1/t23-,24?,26?,27?,28?,29-,30?,31?,32?,33?,34?,35?,37+,38?,39?,40?,41?,42?,43?,44?,45?,46?,48+/m1/s1. The van der Waals surface area contributed by atoms with Gasteiger partial charge in [-0.3, -0.25) is 10.1 Å². The number of piperidine rings is 2. The molecule has 348 valence electrons. The Kier molecular flexibility index (Phi) is 13.5. The van der Waals surface area contributed by atoms with Gasteiger partial charge < -0.3 is 56.1 Å². The Balaban J connectivity index is 1.23. The minimum atomic E-state index is -1.16. The van der Waals surface area contributed by atoms with Crippen LogP contribution in [-0.4, -0.2) is 131 Å². The molecule has 14 heteroatoms. The van der Waals surface area contributed by atoms with Gasteiger partial charge in [0.1, 0.15) is 23.7 Å². The van der Waals surface area contributed by atoms with Crippen LogP contribution in [0.15, 0.2) is 23.8 Å². The normalized spacial score (nSPS) is 51.6. The molecule has 4 bridgehead atoms. The number of nitrogens with one attached hydrogen (secondary N) is 2. The van der Waals surface area contributed by atoms with E-state index >= 15 is 0 Å². The summed E-state index contributed by atoms with van der Waals surface area (Å²) >= 11 is 0. The predicted molar refractivity (Wildman–Crippen MR) is 228 cm³/mol.